The van der Waals surface area contributed by atoms with Crippen molar-refractivity contribution >= 4 is 15.9 Å². The third-order valence-corrected chi connectivity index (χ3v) is 6.28. The van der Waals surface area contributed by atoms with Gasteiger partial charge < -0.3 is 5.32 Å². The lowest BCUT2D eigenvalue weighted by Gasteiger charge is -2.13. The first-order chi connectivity index (χ1) is 16.8. The molecule has 4 rings (SSSR count). The van der Waals surface area contributed by atoms with E-state index in [9.17, 15) is 13.2 Å². The highest BCUT2D eigenvalue weighted by Crippen LogP contribution is 2.34. The Kier molecular flexibility index (Phi) is 7.44. The third-order valence-electron chi connectivity index (χ3n) is 5.61. The van der Waals surface area contributed by atoms with Gasteiger partial charge in [-0.05, 0) is 62.7 Å². The average Bonchev–Trinajstić information content (AvgIpc) is 2.86. The van der Waals surface area contributed by atoms with Crippen LogP contribution in [0.25, 0.3) is 33.4 Å². The molecule has 0 aromatic heterocycles. The number of sulfonamides is 1. The van der Waals surface area contributed by atoms with E-state index in [2.05, 4.69) is 46.4 Å². The predicted octanol–water partition coefficient (Wildman–Crippen LogP) is 5.17. The first-order valence-electron chi connectivity index (χ1n) is 11.3. The van der Waals surface area contributed by atoms with Crippen LogP contribution in [0.15, 0.2) is 91.0 Å². The topological polar surface area (TPSA) is 75.3 Å². The number of hydrogen-bond acceptors (Lipinski definition) is 3. The lowest BCUT2D eigenvalue weighted by Crippen LogP contribution is -2.21. The number of carbonyl (C=O) groups excluding carboxylic acids is 1. The van der Waals surface area contributed by atoms with Crippen molar-refractivity contribution in [1.29, 1.82) is 0 Å². The van der Waals surface area contributed by atoms with E-state index in [1.807, 2.05) is 60.7 Å². The van der Waals surface area contributed by atoms with E-state index in [4.69, 9.17) is 0 Å². The summed E-state index contributed by atoms with van der Waals surface area (Å²) in [5, 5.41) is 2.82. The van der Waals surface area contributed by atoms with Crippen LogP contribution < -0.4 is 10.0 Å². The molecule has 177 valence electrons. The molecule has 1 amide bonds. The highest BCUT2D eigenvalue weighted by Gasteiger charge is 2.10. The molecule has 0 aliphatic carbocycles. The first-order valence-corrected chi connectivity index (χ1v) is 13.2. The van der Waals surface area contributed by atoms with Crippen LogP contribution in [-0.2, 0) is 27.9 Å². The van der Waals surface area contributed by atoms with E-state index in [1.165, 1.54) is 6.92 Å². The first kappa shape index (κ1) is 24.4. The van der Waals surface area contributed by atoms with Crippen LogP contribution in [-0.4, -0.2) is 20.6 Å². The highest BCUT2D eigenvalue weighted by molar-refractivity contribution is 7.88. The molecule has 2 N–H and O–H groups in total. The Hall–Kier alpha value is -3.74. The van der Waals surface area contributed by atoms with Gasteiger partial charge in [-0.15, -0.1) is 0 Å². The molecule has 0 aliphatic heterocycles. The zero-order valence-corrected chi connectivity index (χ0v) is 20.5. The van der Waals surface area contributed by atoms with E-state index in [1.54, 1.807) is 0 Å². The summed E-state index contributed by atoms with van der Waals surface area (Å²) < 4.78 is 25.5. The molecule has 35 heavy (non-hydrogen) atoms. The van der Waals surface area contributed by atoms with Crippen molar-refractivity contribution in [3.63, 3.8) is 0 Å². The van der Waals surface area contributed by atoms with Crippen molar-refractivity contribution in [3.8, 4) is 33.4 Å². The van der Waals surface area contributed by atoms with Crippen molar-refractivity contribution in [1.82, 2.24) is 10.0 Å². The van der Waals surface area contributed by atoms with Crippen LogP contribution in [0.1, 0.15) is 18.1 Å². The molecule has 5 nitrogen and oxygen atoms in total. The predicted molar refractivity (Wildman–Crippen MR) is 141 cm³/mol. The maximum absolute atomic E-state index is 11.5. The summed E-state index contributed by atoms with van der Waals surface area (Å²) >= 11 is 0. The Balaban J connectivity index is 1.63. The second-order valence-electron chi connectivity index (χ2n) is 8.44. The molecule has 0 unspecified atom stereocenters. The zero-order valence-electron chi connectivity index (χ0n) is 19.7. The van der Waals surface area contributed by atoms with E-state index >= 15 is 0 Å². The van der Waals surface area contributed by atoms with E-state index in [0.29, 0.717) is 6.54 Å². The van der Waals surface area contributed by atoms with E-state index in [0.717, 1.165) is 50.8 Å². The van der Waals surface area contributed by atoms with Crippen molar-refractivity contribution < 1.29 is 13.2 Å². The summed E-state index contributed by atoms with van der Waals surface area (Å²) in [5.74, 6) is -0.0499. The van der Waals surface area contributed by atoms with Crippen molar-refractivity contribution in [3.05, 3.63) is 108 Å². The fourth-order valence-electron chi connectivity index (χ4n) is 3.87. The molecular formula is C29H27N2O3S. The van der Waals surface area contributed by atoms with Crippen LogP contribution in [0, 0.1) is 6.07 Å². The van der Waals surface area contributed by atoms with Crippen molar-refractivity contribution in [2.75, 3.05) is 6.26 Å². The fraction of sp³-hybridized carbons (Fsp3) is 0.138. The minimum atomic E-state index is -3.26. The van der Waals surface area contributed by atoms with Gasteiger partial charge in [0.25, 0.3) is 0 Å². The largest absolute Gasteiger partial charge is 0.352 e. The SMILES string of the molecule is CC(=O)NCc1ccc(-c2ccc[c]c2-c2cccc(-c3cccc(CNS(C)(=O)=O)c3)c2)cc1. The van der Waals surface area contributed by atoms with Crippen LogP contribution in [0.3, 0.4) is 0 Å². The molecule has 0 fully saturated rings. The summed E-state index contributed by atoms with van der Waals surface area (Å²) in [6.45, 7) is 2.27. The minimum absolute atomic E-state index is 0.0499. The maximum atomic E-state index is 11.5. The fourth-order valence-corrected chi connectivity index (χ4v) is 4.30. The molecule has 0 saturated heterocycles. The van der Waals surface area contributed by atoms with E-state index < -0.39 is 10.0 Å². The molecule has 0 heterocycles. The monoisotopic (exact) mass is 483 g/mol. The number of rotatable bonds is 8. The van der Waals surface area contributed by atoms with Crippen molar-refractivity contribution in [2.45, 2.75) is 20.0 Å². The van der Waals surface area contributed by atoms with Crippen LogP contribution in [0.5, 0.6) is 0 Å². The Morgan fingerprint density at radius 3 is 2.17 bits per heavy atom. The molecule has 6 heteroatoms. The normalized spacial score (nSPS) is 11.3. The van der Waals surface area contributed by atoms with Gasteiger partial charge in [-0.1, -0.05) is 78.9 Å². The van der Waals surface area contributed by atoms with Gasteiger partial charge in [-0.2, -0.15) is 0 Å². The summed E-state index contributed by atoms with van der Waals surface area (Å²) in [5.41, 5.74) is 8.17. The Bertz CT molecular complexity index is 1450. The number of hydrogen-bond donors (Lipinski definition) is 2. The quantitative estimate of drug-likeness (QED) is 0.363. The Morgan fingerprint density at radius 1 is 0.771 bits per heavy atom. The maximum Gasteiger partial charge on any atom is 0.217 e. The van der Waals surface area contributed by atoms with Crippen LogP contribution in [0.4, 0.5) is 0 Å². The molecule has 0 spiro atoms. The second-order valence-corrected chi connectivity index (χ2v) is 10.3. The molecule has 4 aromatic rings. The molecule has 0 aliphatic rings. The highest BCUT2D eigenvalue weighted by atomic mass is 32.2. The van der Waals surface area contributed by atoms with Crippen LogP contribution >= 0.6 is 0 Å². The van der Waals surface area contributed by atoms with Gasteiger partial charge >= 0.3 is 0 Å². The van der Waals surface area contributed by atoms with Crippen molar-refractivity contribution in [2.24, 2.45) is 0 Å². The smallest absolute Gasteiger partial charge is 0.217 e. The van der Waals surface area contributed by atoms with Gasteiger partial charge in [0.1, 0.15) is 0 Å². The Labute approximate surface area is 206 Å². The Morgan fingerprint density at radius 2 is 1.46 bits per heavy atom. The number of amides is 1. The number of benzene rings is 4. The van der Waals surface area contributed by atoms with Gasteiger partial charge in [0.05, 0.1) is 6.26 Å². The summed E-state index contributed by atoms with van der Waals surface area (Å²) in [4.78, 5) is 11.2. The molecule has 1 radical (unpaired) electrons. The summed E-state index contributed by atoms with van der Waals surface area (Å²) in [6.07, 6.45) is 1.16. The summed E-state index contributed by atoms with van der Waals surface area (Å²) in [6, 6.07) is 33.7. The second kappa shape index (κ2) is 10.7. The van der Waals surface area contributed by atoms with Gasteiger partial charge in [0, 0.05) is 20.0 Å². The minimum Gasteiger partial charge on any atom is -0.352 e. The molecular weight excluding hydrogens is 456 g/mol. The zero-order chi connectivity index (χ0) is 24.8. The standard InChI is InChI=1S/C29H27N2O3S/c1-21(32)30-19-22-13-15-24(16-14-22)28-11-3-4-12-29(28)27-10-6-9-26(18-27)25-8-5-7-23(17-25)20-31-35(2,33)34/h3-11,13-18,31H,19-20H2,1-2H3,(H,30,32). The molecule has 0 saturated carbocycles. The van der Waals surface area contributed by atoms with Gasteiger partial charge in [-0.25, -0.2) is 13.1 Å². The molecule has 4 aromatic carbocycles. The summed E-state index contributed by atoms with van der Waals surface area (Å²) in [7, 11) is -3.26. The third kappa shape index (κ3) is 6.66. The average molecular weight is 484 g/mol. The number of carbonyl (C=O) groups is 1. The van der Waals surface area contributed by atoms with Gasteiger partial charge in [0.15, 0.2) is 0 Å². The lowest BCUT2D eigenvalue weighted by atomic mass is 9.92. The molecule has 0 atom stereocenters. The van der Waals surface area contributed by atoms with Gasteiger partial charge in [-0.3, -0.25) is 4.79 Å². The van der Waals surface area contributed by atoms with Crippen LogP contribution in [0.2, 0.25) is 0 Å². The lowest BCUT2D eigenvalue weighted by molar-refractivity contribution is -0.119. The van der Waals surface area contributed by atoms with E-state index in [-0.39, 0.29) is 12.5 Å². The number of nitrogens with one attached hydrogen (secondary N) is 2. The molecule has 0 bridgehead atoms. The van der Waals surface area contributed by atoms with Gasteiger partial charge in [0.2, 0.25) is 15.9 Å².